The van der Waals surface area contributed by atoms with Crippen molar-refractivity contribution in [2.24, 2.45) is 5.92 Å². The molecular weight excluding hydrogens is 460 g/mol. The molecule has 0 saturated heterocycles. The molecule has 0 saturated carbocycles. The summed E-state index contributed by atoms with van der Waals surface area (Å²) in [6, 6.07) is 9.30. The maximum absolute atomic E-state index is 12.6. The summed E-state index contributed by atoms with van der Waals surface area (Å²) in [4.78, 5) is 36.7. The van der Waals surface area contributed by atoms with E-state index in [-0.39, 0.29) is 22.5 Å². The Morgan fingerprint density at radius 1 is 0.853 bits per heavy atom. The van der Waals surface area contributed by atoms with E-state index in [2.05, 4.69) is 21.5 Å². The summed E-state index contributed by atoms with van der Waals surface area (Å²) < 4.78 is 15.7. The smallest absolute Gasteiger partial charge is 0.269 e. The van der Waals surface area contributed by atoms with Gasteiger partial charge in [-0.15, -0.1) is 0 Å². The molecule has 34 heavy (non-hydrogen) atoms. The van der Waals surface area contributed by atoms with Crippen molar-refractivity contribution in [2.75, 3.05) is 26.6 Å². The number of methoxy groups -OCH3 is 3. The highest BCUT2D eigenvalue weighted by Gasteiger charge is 2.18. The number of hydrogen-bond acceptors (Lipinski definition) is 7. The van der Waals surface area contributed by atoms with Gasteiger partial charge in [0, 0.05) is 23.2 Å². The number of anilines is 1. The largest absolute Gasteiger partial charge is 0.493 e. The second-order valence-corrected chi connectivity index (χ2v) is 7.91. The Labute approximate surface area is 203 Å². The summed E-state index contributed by atoms with van der Waals surface area (Å²) in [5.74, 6) is 0.0827. The van der Waals surface area contributed by atoms with Gasteiger partial charge in [0.1, 0.15) is 0 Å². The summed E-state index contributed by atoms with van der Waals surface area (Å²) in [6.45, 7) is 3.91. The van der Waals surface area contributed by atoms with Crippen molar-refractivity contribution in [3.63, 3.8) is 0 Å². The molecule has 182 valence electrons. The highest BCUT2D eigenvalue weighted by atomic mass is 32.1. The zero-order valence-electron chi connectivity index (χ0n) is 19.6. The van der Waals surface area contributed by atoms with Crippen molar-refractivity contribution < 1.29 is 28.6 Å². The van der Waals surface area contributed by atoms with Gasteiger partial charge in [-0.2, -0.15) is 0 Å². The van der Waals surface area contributed by atoms with Crippen LogP contribution in [0.25, 0.3) is 0 Å². The van der Waals surface area contributed by atoms with E-state index in [4.69, 9.17) is 26.4 Å². The van der Waals surface area contributed by atoms with Crippen LogP contribution in [0.15, 0.2) is 36.4 Å². The highest BCUT2D eigenvalue weighted by Crippen LogP contribution is 2.38. The molecule has 0 bridgehead atoms. The Morgan fingerprint density at radius 2 is 1.44 bits per heavy atom. The fourth-order valence-corrected chi connectivity index (χ4v) is 3.04. The number of carbonyl (C=O) groups excluding carboxylic acids is 3. The van der Waals surface area contributed by atoms with Gasteiger partial charge in [0.15, 0.2) is 16.6 Å². The first-order valence-electron chi connectivity index (χ1n) is 10.3. The van der Waals surface area contributed by atoms with E-state index in [0.717, 1.165) is 0 Å². The second kappa shape index (κ2) is 12.4. The van der Waals surface area contributed by atoms with Gasteiger partial charge in [-0.1, -0.05) is 13.8 Å². The standard InChI is InChI=1S/C23H28N4O6S/c1-13(2)10-19(28)24-16-8-6-14(7-9-16)22(30)26-27-23(34)25-21(29)15-11-17(31-3)20(33-5)18(12-15)32-4/h6-9,11-13H,10H2,1-5H3,(H,24,28)(H,26,30)(H2,25,27,29,34). The lowest BCUT2D eigenvalue weighted by Gasteiger charge is -2.15. The van der Waals surface area contributed by atoms with Crippen molar-refractivity contribution in [1.29, 1.82) is 0 Å². The molecular formula is C23H28N4O6S. The molecule has 11 heteroatoms. The fourth-order valence-electron chi connectivity index (χ4n) is 2.89. The second-order valence-electron chi connectivity index (χ2n) is 7.50. The normalized spacial score (nSPS) is 10.2. The molecule has 0 aliphatic carbocycles. The van der Waals surface area contributed by atoms with Crippen molar-refractivity contribution in [2.45, 2.75) is 20.3 Å². The third-order valence-corrected chi connectivity index (χ3v) is 4.67. The molecule has 2 aromatic carbocycles. The van der Waals surface area contributed by atoms with Crippen LogP contribution in [0, 0.1) is 5.92 Å². The molecule has 0 radical (unpaired) electrons. The van der Waals surface area contributed by atoms with Crippen LogP contribution in [0.2, 0.25) is 0 Å². The maximum atomic E-state index is 12.6. The molecule has 3 amide bonds. The Morgan fingerprint density at radius 3 is 1.94 bits per heavy atom. The molecule has 0 heterocycles. The molecule has 0 aliphatic rings. The van der Waals surface area contributed by atoms with E-state index in [0.29, 0.717) is 34.9 Å². The molecule has 0 aliphatic heterocycles. The van der Waals surface area contributed by atoms with Crippen LogP contribution in [0.3, 0.4) is 0 Å². The average molecular weight is 489 g/mol. The molecule has 0 aromatic heterocycles. The molecule has 4 N–H and O–H groups in total. The molecule has 0 unspecified atom stereocenters. The number of thiocarbonyl (C=S) groups is 1. The topological polar surface area (TPSA) is 127 Å². The number of benzene rings is 2. The van der Waals surface area contributed by atoms with Crippen molar-refractivity contribution in [3.8, 4) is 17.2 Å². The van der Waals surface area contributed by atoms with Crippen molar-refractivity contribution >= 4 is 40.7 Å². The van der Waals surface area contributed by atoms with E-state index >= 15 is 0 Å². The van der Waals surface area contributed by atoms with E-state index in [1.807, 2.05) is 13.8 Å². The lowest BCUT2D eigenvalue weighted by Crippen LogP contribution is -2.48. The molecule has 0 atom stereocenters. The molecule has 10 nitrogen and oxygen atoms in total. The van der Waals surface area contributed by atoms with Gasteiger partial charge in [-0.05, 0) is 54.5 Å². The van der Waals surface area contributed by atoms with E-state index in [9.17, 15) is 14.4 Å². The summed E-state index contributed by atoms with van der Waals surface area (Å²) >= 11 is 5.08. The lowest BCUT2D eigenvalue weighted by molar-refractivity contribution is -0.116. The van der Waals surface area contributed by atoms with Gasteiger partial charge in [-0.3, -0.25) is 30.6 Å². The summed E-state index contributed by atoms with van der Waals surface area (Å²) in [6.07, 6.45) is 0.408. The Balaban J connectivity index is 1.93. The SMILES string of the molecule is COc1cc(C(=O)NC(=S)NNC(=O)c2ccc(NC(=O)CC(C)C)cc2)cc(OC)c1OC. The Bertz CT molecular complexity index is 1030. The van der Waals surface area contributed by atoms with Crippen LogP contribution >= 0.6 is 12.2 Å². The third kappa shape index (κ3) is 7.34. The summed E-state index contributed by atoms with van der Waals surface area (Å²) in [5.41, 5.74) is 6.00. The van der Waals surface area contributed by atoms with Crippen LogP contribution in [-0.4, -0.2) is 44.2 Å². The first-order chi connectivity index (χ1) is 16.2. The predicted octanol–water partition coefficient (Wildman–Crippen LogP) is 2.65. The number of carbonyl (C=O) groups is 3. The highest BCUT2D eigenvalue weighted by molar-refractivity contribution is 7.80. The number of hydrogen-bond donors (Lipinski definition) is 4. The van der Waals surface area contributed by atoms with E-state index < -0.39 is 11.8 Å². The zero-order chi connectivity index (χ0) is 25.3. The average Bonchev–Trinajstić information content (AvgIpc) is 2.81. The predicted molar refractivity (Wildman–Crippen MR) is 131 cm³/mol. The fraction of sp³-hybridized carbons (Fsp3) is 0.304. The van der Waals surface area contributed by atoms with Gasteiger partial charge in [0.2, 0.25) is 11.7 Å². The van der Waals surface area contributed by atoms with Crippen LogP contribution in [0.1, 0.15) is 41.0 Å². The molecule has 2 rings (SSSR count). The first-order valence-corrected chi connectivity index (χ1v) is 10.7. The summed E-state index contributed by atoms with van der Waals surface area (Å²) in [5, 5.41) is 5.11. The monoisotopic (exact) mass is 488 g/mol. The van der Waals surface area contributed by atoms with Crippen molar-refractivity contribution in [3.05, 3.63) is 47.5 Å². The van der Waals surface area contributed by atoms with Crippen LogP contribution in [-0.2, 0) is 4.79 Å². The quantitative estimate of drug-likeness (QED) is 0.330. The number of amides is 3. The maximum Gasteiger partial charge on any atom is 0.269 e. The zero-order valence-corrected chi connectivity index (χ0v) is 20.4. The van der Waals surface area contributed by atoms with Gasteiger partial charge in [0.25, 0.3) is 11.8 Å². The number of nitrogens with one attached hydrogen (secondary N) is 4. The lowest BCUT2D eigenvalue weighted by atomic mass is 10.1. The van der Waals surface area contributed by atoms with Gasteiger partial charge in [0.05, 0.1) is 21.3 Å². The van der Waals surface area contributed by atoms with E-state index in [1.54, 1.807) is 24.3 Å². The minimum absolute atomic E-state index is 0.0953. The van der Waals surface area contributed by atoms with Gasteiger partial charge < -0.3 is 19.5 Å². The van der Waals surface area contributed by atoms with Crippen LogP contribution in [0.4, 0.5) is 5.69 Å². The Hall–Kier alpha value is -3.86. The number of rotatable bonds is 8. The molecule has 0 spiro atoms. The van der Waals surface area contributed by atoms with Crippen molar-refractivity contribution in [1.82, 2.24) is 16.2 Å². The minimum atomic E-state index is -0.549. The molecule has 2 aromatic rings. The number of ether oxygens (including phenoxy) is 3. The van der Waals surface area contributed by atoms with Crippen LogP contribution < -0.4 is 35.7 Å². The van der Waals surface area contributed by atoms with E-state index in [1.165, 1.54) is 33.5 Å². The van der Waals surface area contributed by atoms with Gasteiger partial charge in [-0.25, -0.2) is 0 Å². The summed E-state index contributed by atoms with van der Waals surface area (Å²) in [7, 11) is 4.33. The molecule has 0 fully saturated rings. The minimum Gasteiger partial charge on any atom is -0.493 e. The number of hydrazine groups is 1. The van der Waals surface area contributed by atoms with Gasteiger partial charge >= 0.3 is 0 Å². The van der Waals surface area contributed by atoms with Crippen LogP contribution in [0.5, 0.6) is 17.2 Å². The third-order valence-electron chi connectivity index (χ3n) is 4.47. The Kier molecular flexibility index (Phi) is 9.62. The first kappa shape index (κ1) is 26.4.